The summed E-state index contributed by atoms with van der Waals surface area (Å²) >= 11 is 6.56. The normalized spacial score (nSPS) is 27.3. The summed E-state index contributed by atoms with van der Waals surface area (Å²) in [7, 11) is 1.72. The molecule has 2 fully saturated rings. The number of aromatic nitrogens is 4. The van der Waals surface area contributed by atoms with Crippen LogP contribution in [0.5, 0.6) is 6.01 Å². The topological polar surface area (TPSA) is 124 Å². The van der Waals surface area contributed by atoms with Crippen molar-refractivity contribution in [1.29, 1.82) is 0 Å². The molecule has 5 heterocycles. The number of fused-ring (bicyclic) bond motifs is 3. The highest BCUT2D eigenvalue weighted by Gasteiger charge is 2.48. The van der Waals surface area contributed by atoms with Crippen LogP contribution in [0.3, 0.4) is 0 Å². The largest absolute Gasteiger partial charge is 0.456 e. The summed E-state index contributed by atoms with van der Waals surface area (Å²) in [4.78, 5) is 17.0. The van der Waals surface area contributed by atoms with Crippen LogP contribution in [0.25, 0.3) is 11.2 Å². The Kier molecular flexibility index (Phi) is 6.23. The molecule has 1 aliphatic carbocycles. The van der Waals surface area contributed by atoms with Crippen LogP contribution in [0, 0.1) is 0 Å². The molecular weight excluding hydrogens is 474 g/mol. The minimum Gasteiger partial charge on any atom is -0.456 e. The Morgan fingerprint density at radius 2 is 2.11 bits per heavy atom. The number of aliphatic hydroxyl groups excluding tert-OH is 1. The van der Waals surface area contributed by atoms with E-state index in [1.807, 2.05) is 6.20 Å². The maximum Gasteiger partial charge on any atom is 0.296 e. The highest BCUT2D eigenvalue weighted by molar-refractivity contribution is 6.33. The number of nitrogens with zero attached hydrogens (tertiary/aromatic N) is 3. The van der Waals surface area contributed by atoms with Crippen LogP contribution in [0.15, 0.2) is 18.3 Å². The van der Waals surface area contributed by atoms with Crippen molar-refractivity contribution in [1.82, 2.24) is 19.9 Å². The molecule has 0 spiro atoms. The molecule has 2 saturated heterocycles. The SMILES string of the molecule is COCCCc1cnc2c(c1)CCC2Nc1nc2nc(O[C@@H]3CO[C@H]4[C@@H]3OC[C@H]4O)[nH]c2cc1Cl. The van der Waals surface area contributed by atoms with Gasteiger partial charge in [-0.05, 0) is 42.9 Å². The number of aromatic amines is 1. The molecule has 0 bridgehead atoms. The average molecular weight is 502 g/mol. The average Bonchev–Trinajstić information content (AvgIpc) is 3.61. The molecular formula is C24H28ClN5O5. The Balaban J connectivity index is 1.16. The quantitative estimate of drug-likeness (QED) is 0.399. The van der Waals surface area contributed by atoms with Gasteiger partial charge in [0.15, 0.2) is 11.8 Å². The third kappa shape index (κ3) is 4.45. The van der Waals surface area contributed by atoms with Crippen molar-refractivity contribution in [3.63, 3.8) is 0 Å². The molecule has 5 atom stereocenters. The molecule has 186 valence electrons. The number of anilines is 1. The molecule has 3 aromatic rings. The molecule has 0 saturated carbocycles. The lowest BCUT2D eigenvalue weighted by atomic mass is 10.1. The smallest absolute Gasteiger partial charge is 0.296 e. The zero-order valence-corrected chi connectivity index (χ0v) is 20.1. The van der Waals surface area contributed by atoms with E-state index in [2.05, 4.69) is 26.3 Å². The summed E-state index contributed by atoms with van der Waals surface area (Å²) in [6.07, 6.45) is 4.11. The predicted octanol–water partition coefficient (Wildman–Crippen LogP) is 2.59. The first kappa shape index (κ1) is 22.9. The third-order valence-corrected chi connectivity index (χ3v) is 7.15. The summed E-state index contributed by atoms with van der Waals surface area (Å²) in [6, 6.07) is 4.39. The van der Waals surface area contributed by atoms with Gasteiger partial charge in [-0.2, -0.15) is 4.98 Å². The van der Waals surface area contributed by atoms with Crippen molar-refractivity contribution >= 4 is 28.6 Å². The van der Waals surface area contributed by atoms with E-state index >= 15 is 0 Å². The molecule has 6 rings (SSSR count). The number of H-pyrrole nitrogens is 1. The number of ether oxygens (including phenoxy) is 4. The van der Waals surface area contributed by atoms with Gasteiger partial charge in [0.1, 0.15) is 24.1 Å². The van der Waals surface area contributed by atoms with Gasteiger partial charge in [0, 0.05) is 19.9 Å². The lowest BCUT2D eigenvalue weighted by Gasteiger charge is -2.15. The third-order valence-electron chi connectivity index (χ3n) is 6.87. The molecule has 1 unspecified atom stereocenters. The Hall–Kier alpha value is -2.50. The highest BCUT2D eigenvalue weighted by atomic mass is 35.5. The van der Waals surface area contributed by atoms with Crippen LogP contribution in [0.4, 0.5) is 5.82 Å². The predicted molar refractivity (Wildman–Crippen MR) is 128 cm³/mol. The van der Waals surface area contributed by atoms with Gasteiger partial charge in [0.05, 0.1) is 35.5 Å². The van der Waals surface area contributed by atoms with E-state index in [0.29, 0.717) is 34.6 Å². The van der Waals surface area contributed by atoms with Gasteiger partial charge in [-0.3, -0.25) is 4.98 Å². The summed E-state index contributed by atoms with van der Waals surface area (Å²) in [5.41, 5.74) is 4.71. The van der Waals surface area contributed by atoms with Crippen LogP contribution in [-0.2, 0) is 27.1 Å². The Bertz CT molecular complexity index is 1220. The molecule has 11 heteroatoms. The standard InChI is InChI=1S/C24H28ClN5O5/c1-32-6-2-3-12-7-13-4-5-15(19(13)26-9-12)27-22-14(25)8-16-23(29-22)30-24(28-16)35-18-11-34-20-17(31)10-33-21(18)20/h7-9,15,17-18,20-21,31H,2-6,10-11H2,1H3,(H2,27,28,29,30)/t15?,17-,18-,20-,21-/m1/s1. The van der Waals surface area contributed by atoms with Crippen LogP contribution in [-0.4, -0.2) is 76.4 Å². The molecule has 0 amide bonds. The lowest BCUT2D eigenvalue weighted by Crippen LogP contribution is -2.34. The number of halogens is 1. The summed E-state index contributed by atoms with van der Waals surface area (Å²) < 4.78 is 22.4. The maximum atomic E-state index is 9.92. The highest BCUT2D eigenvalue weighted by Crippen LogP contribution is 2.36. The van der Waals surface area contributed by atoms with Crippen LogP contribution < -0.4 is 10.1 Å². The fourth-order valence-electron chi connectivity index (χ4n) is 5.12. The van der Waals surface area contributed by atoms with Gasteiger partial charge in [-0.25, -0.2) is 4.98 Å². The molecule has 3 N–H and O–H groups in total. The Morgan fingerprint density at radius 1 is 1.23 bits per heavy atom. The van der Waals surface area contributed by atoms with Gasteiger partial charge in [0.25, 0.3) is 6.01 Å². The molecule has 0 aromatic carbocycles. The van der Waals surface area contributed by atoms with Gasteiger partial charge in [0.2, 0.25) is 0 Å². The number of nitrogens with one attached hydrogen (secondary N) is 2. The van der Waals surface area contributed by atoms with Crippen molar-refractivity contribution in [3.8, 4) is 6.01 Å². The number of pyridine rings is 2. The second-order valence-corrected chi connectivity index (χ2v) is 9.68. The van der Waals surface area contributed by atoms with E-state index < -0.39 is 6.10 Å². The van der Waals surface area contributed by atoms with Crippen molar-refractivity contribution in [3.05, 3.63) is 40.2 Å². The maximum absolute atomic E-state index is 9.92. The van der Waals surface area contributed by atoms with E-state index in [4.69, 9.17) is 35.5 Å². The molecule has 0 radical (unpaired) electrons. The number of hydrogen-bond donors (Lipinski definition) is 3. The minimum absolute atomic E-state index is 0.0358. The fourth-order valence-corrected chi connectivity index (χ4v) is 5.33. The summed E-state index contributed by atoms with van der Waals surface area (Å²) in [5.74, 6) is 0.563. The summed E-state index contributed by atoms with van der Waals surface area (Å²) in [6.45, 7) is 1.32. The summed E-state index contributed by atoms with van der Waals surface area (Å²) in [5, 5.41) is 13.9. The van der Waals surface area contributed by atoms with Crippen LogP contribution in [0.1, 0.15) is 35.7 Å². The van der Waals surface area contributed by atoms with Crippen molar-refractivity contribution < 1.29 is 24.1 Å². The Labute approximate surface area is 207 Å². The number of aliphatic hydroxyl groups is 1. The number of rotatable bonds is 8. The zero-order valence-electron chi connectivity index (χ0n) is 19.4. The van der Waals surface area contributed by atoms with E-state index in [-0.39, 0.29) is 31.0 Å². The Morgan fingerprint density at radius 3 is 3.00 bits per heavy atom. The molecule has 2 aliphatic heterocycles. The molecule has 3 aliphatic rings. The second-order valence-electron chi connectivity index (χ2n) is 9.27. The van der Waals surface area contributed by atoms with Gasteiger partial charge in [-0.1, -0.05) is 17.7 Å². The van der Waals surface area contributed by atoms with Gasteiger partial charge >= 0.3 is 0 Å². The first-order chi connectivity index (χ1) is 17.1. The van der Waals surface area contributed by atoms with Crippen molar-refractivity contribution in [2.45, 2.75) is 56.1 Å². The van der Waals surface area contributed by atoms with E-state index in [1.54, 1.807) is 13.2 Å². The first-order valence-electron chi connectivity index (χ1n) is 12.0. The number of hydrogen-bond acceptors (Lipinski definition) is 9. The van der Waals surface area contributed by atoms with E-state index in [0.717, 1.165) is 38.0 Å². The van der Waals surface area contributed by atoms with E-state index in [1.165, 1.54) is 11.1 Å². The van der Waals surface area contributed by atoms with Gasteiger partial charge in [-0.15, -0.1) is 0 Å². The van der Waals surface area contributed by atoms with Crippen LogP contribution >= 0.6 is 11.6 Å². The molecule has 3 aromatic heterocycles. The van der Waals surface area contributed by atoms with Gasteiger partial charge < -0.3 is 34.4 Å². The monoisotopic (exact) mass is 501 g/mol. The molecule has 35 heavy (non-hydrogen) atoms. The number of aryl methyl sites for hydroxylation is 2. The van der Waals surface area contributed by atoms with Crippen molar-refractivity contribution in [2.75, 3.05) is 32.2 Å². The molecule has 10 nitrogen and oxygen atoms in total. The second kappa shape index (κ2) is 9.51. The number of methoxy groups -OCH3 is 1. The number of imidazole rings is 1. The first-order valence-corrected chi connectivity index (χ1v) is 12.3. The lowest BCUT2D eigenvalue weighted by molar-refractivity contribution is 0.00706. The van der Waals surface area contributed by atoms with Crippen LogP contribution in [0.2, 0.25) is 5.02 Å². The fraction of sp³-hybridized carbons (Fsp3) is 0.542. The minimum atomic E-state index is -0.629. The zero-order chi connectivity index (χ0) is 23.9. The van der Waals surface area contributed by atoms with Crippen molar-refractivity contribution in [2.24, 2.45) is 0 Å². The van der Waals surface area contributed by atoms with E-state index in [9.17, 15) is 5.11 Å².